The minimum Gasteiger partial charge on any atom is -0.510 e. The van der Waals surface area contributed by atoms with Crippen molar-refractivity contribution < 1.29 is 19.4 Å². The molecule has 2 rings (SSSR count). The molecule has 1 aromatic rings. The minimum atomic E-state index is -0.752. The van der Waals surface area contributed by atoms with E-state index in [9.17, 15) is 14.7 Å². The van der Waals surface area contributed by atoms with Gasteiger partial charge in [-0.25, -0.2) is 9.69 Å². The Kier molecular flexibility index (Phi) is 4.60. The van der Waals surface area contributed by atoms with E-state index in [2.05, 4.69) is 15.9 Å². The third-order valence-corrected chi connectivity index (χ3v) is 3.56. The molecule has 0 bridgehead atoms. The summed E-state index contributed by atoms with van der Waals surface area (Å²) in [4.78, 5) is 25.1. The van der Waals surface area contributed by atoms with Gasteiger partial charge < -0.3 is 9.84 Å². The van der Waals surface area contributed by atoms with Crippen LogP contribution in [0.15, 0.2) is 40.6 Å². The molecule has 2 amide bonds. The molecule has 6 heteroatoms. The highest BCUT2D eigenvalue weighted by atomic mass is 79.9. The van der Waals surface area contributed by atoms with E-state index in [0.717, 1.165) is 21.0 Å². The topological polar surface area (TPSA) is 66.8 Å². The van der Waals surface area contributed by atoms with Crippen LogP contribution in [0.25, 0.3) is 0 Å². The summed E-state index contributed by atoms with van der Waals surface area (Å²) in [6.45, 7) is 5.17. The SMILES string of the molecule is CC(C)(C)OC(=O)N1C(=O)C=C(O)C1Cc1cccc(Br)c1. The van der Waals surface area contributed by atoms with Gasteiger partial charge in [0.25, 0.3) is 5.91 Å². The van der Waals surface area contributed by atoms with Crippen LogP contribution in [0.3, 0.4) is 0 Å². The molecule has 1 heterocycles. The molecule has 118 valence electrons. The van der Waals surface area contributed by atoms with E-state index in [-0.39, 0.29) is 5.76 Å². The van der Waals surface area contributed by atoms with E-state index in [1.807, 2.05) is 24.3 Å². The van der Waals surface area contributed by atoms with Crippen LogP contribution in [0, 0.1) is 0 Å². The molecule has 1 aliphatic rings. The summed E-state index contributed by atoms with van der Waals surface area (Å²) in [6.07, 6.45) is 0.636. The minimum absolute atomic E-state index is 0.129. The van der Waals surface area contributed by atoms with Crippen LogP contribution in [0.4, 0.5) is 4.79 Å². The predicted molar refractivity (Wildman–Crippen MR) is 85.4 cm³/mol. The number of aliphatic hydroxyl groups excluding tert-OH is 1. The lowest BCUT2D eigenvalue weighted by molar-refractivity contribution is -0.125. The van der Waals surface area contributed by atoms with Gasteiger partial charge in [-0.05, 0) is 38.5 Å². The van der Waals surface area contributed by atoms with E-state index < -0.39 is 23.6 Å². The highest BCUT2D eigenvalue weighted by Gasteiger charge is 2.39. The molecule has 22 heavy (non-hydrogen) atoms. The van der Waals surface area contributed by atoms with E-state index in [1.54, 1.807) is 20.8 Å². The molecule has 0 spiro atoms. The highest BCUT2D eigenvalue weighted by Crippen LogP contribution is 2.25. The number of hydrogen-bond acceptors (Lipinski definition) is 4. The molecule has 0 fully saturated rings. The summed E-state index contributed by atoms with van der Waals surface area (Å²) < 4.78 is 6.13. The van der Waals surface area contributed by atoms with Gasteiger partial charge in [-0.3, -0.25) is 4.79 Å². The molecular formula is C16H18BrNO4. The standard InChI is InChI=1S/C16H18BrNO4/c1-16(2,3)22-15(21)18-12(13(19)9-14(18)20)8-10-5-4-6-11(17)7-10/h4-7,9,12,19H,8H2,1-3H3. The van der Waals surface area contributed by atoms with E-state index in [4.69, 9.17) is 4.74 Å². The van der Waals surface area contributed by atoms with Crippen LogP contribution in [0.2, 0.25) is 0 Å². The lowest BCUT2D eigenvalue weighted by atomic mass is 10.1. The molecule has 0 saturated heterocycles. The predicted octanol–water partition coefficient (Wildman–Crippen LogP) is 3.58. The molecule has 1 atom stereocenters. The van der Waals surface area contributed by atoms with Crippen LogP contribution < -0.4 is 0 Å². The fraction of sp³-hybridized carbons (Fsp3) is 0.375. The number of aliphatic hydroxyl groups is 1. The maximum absolute atomic E-state index is 12.2. The Morgan fingerprint density at radius 1 is 1.41 bits per heavy atom. The second-order valence-corrected chi connectivity index (χ2v) is 7.02. The van der Waals surface area contributed by atoms with Crippen molar-refractivity contribution in [2.45, 2.75) is 38.8 Å². The van der Waals surface area contributed by atoms with Crippen molar-refractivity contribution in [3.8, 4) is 0 Å². The van der Waals surface area contributed by atoms with Gasteiger partial charge in [0.05, 0.1) is 0 Å². The van der Waals surface area contributed by atoms with Crippen molar-refractivity contribution in [1.29, 1.82) is 0 Å². The Bertz CT molecular complexity index is 633. The number of carbonyl (C=O) groups is 2. The molecule has 0 saturated carbocycles. The summed E-state index contributed by atoms with van der Waals surface area (Å²) in [5.41, 5.74) is 0.179. The molecule has 0 aromatic heterocycles. The van der Waals surface area contributed by atoms with E-state index >= 15 is 0 Å². The number of ether oxygens (including phenoxy) is 1. The maximum atomic E-state index is 12.2. The first-order valence-corrected chi connectivity index (χ1v) is 7.68. The summed E-state index contributed by atoms with van der Waals surface area (Å²) in [5.74, 6) is -0.692. The number of imide groups is 1. The zero-order valence-corrected chi connectivity index (χ0v) is 14.3. The summed E-state index contributed by atoms with van der Waals surface area (Å²) in [6, 6.07) is 6.74. The third-order valence-electron chi connectivity index (χ3n) is 3.07. The second-order valence-electron chi connectivity index (χ2n) is 6.11. The van der Waals surface area contributed by atoms with Crippen LogP contribution in [-0.2, 0) is 16.0 Å². The first kappa shape index (κ1) is 16.5. The number of carbonyl (C=O) groups excluding carboxylic acids is 2. The van der Waals surface area contributed by atoms with E-state index in [0.29, 0.717) is 6.42 Å². The third kappa shape index (κ3) is 3.88. The first-order chi connectivity index (χ1) is 10.2. The van der Waals surface area contributed by atoms with Gasteiger partial charge in [0.1, 0.15) is 17.4 Å². The second kappa shape index (κ2) is 6.12. The molecular weight excluding hydrogens is 350 g/mol. The number of amides is 2. The fourth-order valence-corrected chi connectivity index (χ4v) is 2.64. The number of rotatable bonds is 2. The summed E-state index contributed by atoms with van der Waals surface area (Å²) in [5, 5.41) is 9.99. The molecule has 1 aromatic carbocycles. The van der Waals surface area contributed by atoms with Crippen LogP contribution in [0.1, 0.15) is 26.3 Å². The molecule has 0 radical (unpaired) electrons. The summed E-state index contributed by atoms with van der Waals surface area (Å²) in [7, 11) is 0. The summed E-state index contributed by atoms with van der Waals surface area (Å²) >= 11 is 3.37. The van der Waals surface area contributed by atoms with Crippen LogP contribution in [-0.4, -0.2) is 33.6 Å². The fourth-order valence-electron chi connectivity index (χ4n) is 2.19. The molecule has 1 aliphatic heterocycles. The molecule has 1 N–H and O–H groups in total. The number of nitrogens with zero attached hydrogens (tertiary/aromatic N) is 1. The van der Waals surface area contributed by atoms with Crippen LogP contribution >= 0.6 is 15.9 Å². The number of hydrogen-bond donors (Lipinski definition) is 1. The lowest BCUT2D eigenvalue weighted by Gasteiger charge is -2.27. The lowest BCUT2D eigenvalue weighted by Crippen LogP contribution is -2.44. The Labute approximate surface area is 137 Å². The normalized spacial score (nSPS) is 18.4. The number of halogens is 1. The monoisotopic (exact) mass is 367 g/mol. The molecule has 5 nitrogen and oxygen atoms in total. The Morgan fingerprint density at radius 2 is 2.09 bits per heavy atom. The molecule has 1 unspecified atom stereocenters. The zero-order chi connectivity index (χ0) is 16.5. The average Bonchev–Trinajstić information content (AvgIpc) is 2.62. The van der Waals surface area contributed by atoms with Crippen molar-refractivity contribution in [3.63, 3.8) is 0 Å². The van der Waals surface area contributed by atoms with Crippen molar-refractivity contribution in [3.05, 3.63) is 46.1 Å². The smallest absolute Gasteiger partial charge is 0.418 e. The van der Waals surface area contributed by atoms with Gasteiger partial charge in [-0.15, -0.1) is 0 Å². The van der Waals surface area contributed by atoms with Crippen LogP contribution in [0.5, 0.6) is 0 Å². The Hall–Kier alpha value is -1.82. The van der Waals surface area contributed by atoms with Gasteiger partial charge in [0.2, 0.25) is 0 Å². The van der Waals surface area contributed by atoms with Crippen molar-refractivity contribution in [1.82, 2.24) is 4.90 Å². The van der Waals surface area contributed by atoms with Gasteiger partial charge in [-0.1, -0.05) is 28.1 Å². The number of benzene rings is 1. The largest absolute Gasteiger partial charge is 0.510 e. The maximum Gasteiger partial charge on any atom is 0.418 e. The van der Waals surface area contributed by atoms with E-state index in [1.165, 1.54) is 0 Å². The van der Waals surface area contributed by atoms with Gasteiger partial charge >= 0.3 is 6.09 Å². The Morgan fingerprint density at radius 3 is 2.68 bits per heavy atom. The van der Waals surface area contributed by atoms with Gasteiger partial charge in [0.15, 0.2) is 0 Å². The van der Waals surface area contributed by atoms with Gasteiger partial charge in [0, 0.05) is 17.0 Å². The quantitative estimate of drug-likeness (QED) is 0.867. The Balaban J connectivity index is 2.21. The first-order valence-electron chi connectivity index (χ1n) is 6.88. The van der Waals surface area contributed by atoms with Gasteiger partial charge in [-0.2, -0.15) is 0 Å². The van der Waals surface area contributed by atoms with Crippen molar-refractivity contribution in [2.75, 3.05) is 0 Å². The van der Waals surface area contributed by atoms with Crippen molar-refractivity contribution in [2.24, 2.45) is 0 Å². The molecule has 0 aliphatic carbocycles. The highest BCUT2D eigenvalue weighted by molar-refractivity contribution is 9.10. The van der Waals surface area contributed by atoms with Crippen molar-refractivity contribution >= 4 is 27.9 Å². The average molecular weight is 368 g/mol. The zero-order valence-electron chi connectivity index (χ0n) is 12.7.